The Morgan fingerprint density at radius 1 is 1.13 bits per heavy atom. The lowest BCUT2D eigenvalue weighted by Crippen LogP contribution is -2.31. The first-order chi connectivity index (χ1) is 18.1. The highest BCUT2D eigenvalue weighted by Gasteiger charge is 2.22. The van der Waals surface area contributed by atoms with E-state index in [9.17, 15) is 4.79 Å². The fourth-order valence-corrected chi connectivity index (χ4v) is 4.22. The van der Waals surface area contributed by atoms with Crippen LogP contribution in [0.4, 0.5) is 21.7 Å². The van der Waals surface area contributed by atoms with E-state index in [0.29, 0.717) is 11.4 Å². The number of rotatable bonds is 10. The van der Waals surface area contributed by atoms with Crippen molar-refractivity contribution in [1.82, 2.24) is 9.88 Å². The van der Waals surface area contributed by atoms with Crippen LogP contribution in [0.25, 0.3) is 0 Å². The maximum atomic E-state index is 15.1. The summed E-state index contributed by atoms with van der Waals surface area (Å²) in [5.74, 6) is 0.0178. The minimum Gasteiger partial charge on any atom is -0.497 e. The first-order valence-corrected chi connectivity index (χ1v) is 12.3. The van der Waals surface area contributed by atoms with Crippen LogP contribution >= 0.6 is 0 Å². The molecule has 0 radical (unpaired) electrons. The topological polar surface area (TPSA) is 131 Å². The Bertz CT molecular complexity index is 1310. The average Bonchev–Trinajstić information content (AvgIpc) is 2.88. The molecule has 1 aromatic heterocycles. The average molecular weight is 522 g/mol. The monoisotopic (exact) mass is 521 g/mol. The molecule has 1 amide bonds. The van der Waals surface area contributed by atoms with E-state index in [1.54, 1.807) is 26.3 Å². The zero-order chi connectivity index (χ0) is 28.0. The molecule has 2 atom stereocenters. The molecule has 0 aliphatic heterocycles. The van der Waals surface area contributed by atoms with Gasteiger partial charge in [0.2, 0.25) is 0 Å². The molecule has 0 aliphatic carbocycles. The number of methoxy groups -OCH3 is 1. The summed E-state index contributed by atoms with van der Waals surface area (Å²) in [6.45, 7) is 3.88. The predicted octanol–water partition coefficient (Wildman–Crippen LogP) is 4.07. The van der Waals surface area contributed by atoms with Crippen molar-refractivity contribution in [2.24, 2.45) is 16.5 Å². The molecule has 9 nitrogen and oxygen atoms in total. The third kappa shape index (κ3) is 6.38. The second-order valence-electron chi connectivity index (χ2n) is 9.13. The second kappa shape index (κ2) is 12.4. The lowest BCUT2D eigenvalue weighted by molar-refractivity contribution is 0.100. The van der Waals surface area contributed by atoms with Crippen LogP contribution in [0.2, 0.25) is 0 Å². The van der Waals surface area contributed by atoms with E-state index < -0.39 is 23.8 Å². The number of aryl methyl sites for hydroxylation is 1. The van der Waals surface area contributed by atoms with Crippen LogP contribution in [-0.2, 0) is 6.42 Å². The summed E-state index contributed by atoms with van der Waals surface area (Å²) in [6, 6.07) is 13.3. The van der Waals surface area contributed by atoms with Gasteiger partial charge in [0.05, 0.1) is 18.7 Å². The Balaban J connectivity index is 2.03. The van der Waals surface area contributed by atoms with Gasteiger partial charge in [-0.05, 0) is 54.8 Å². The summed E-state index contributed by atoms with van der Waals surface area (Å²) in [5, 5.41) is 6.24. The number of carbonyl (C=O) groups excluding carboxylic acids is 1. The van der Waals surface area contributed by atoms with Crippen molar-refractivity contribution in [3.63, 3.8) is 0 Å². The molecule has 6 N–H and O–H groups in total. The first-order valence-electron chi connectivity index (χ1n) is 12.3. The number of halogens is 1. The van der Waals surface area contributed by atoms with Gasteiger partial charge in [-0.3, -0.25) is 9.79 Å². The van der Waals surface area contributed by atoms with Crippen molar-refractivity contribution in [3.8, 4) is 5.75 Å². The van der Waals surface area contributed by atoms with Gasteiger partial charge in [-0.15, -0.1) is 0 Å². The largest absolute Gasteiger partial charge is 0.497 e. The number of nitrogens with two attached hydrogens (primary N) is 2. The normalized spacial score (nSPS) is 13.0. The van der Waals surface area contributed by atoms with Crippen LogP contribution in [-0.4, -0.2) is 55.9 Å². The number of ether oxygens (including phenoxy) is 1. The number of anilines is 3. The Labute approximate surface area is 223 Å². The van der Waals surface area contributed by atoms with Crippen molar-refractivity contribution in [2.75, 3.05) is 38.9 Å². The zero-order valence-corrected chi connectivity index (χ0v) is 22.7. The maximum Gasteiger partial charge on any atom is 0.252 e. The fraction of sp³-hybridized carbons (Fsp3) is 0.321. The number of amides is 1. The third-order valence-electron chi connectivity index (χ3n) is 6.16. The maximum absolute atomic E-state index is 15.1. The molecule has 1 heterocycles. The zero-order valence-electron chi connectivity index (χ0n) is 22.7. The molecular weight excluding hydrogens is 485 g/mol. The molecule has 38 heavy (non-hydrogen) atoms. The minimum absolute atomic E-state index is 0.0647. The van der Waals surface area contributed by atoms with Crippen molar-refractivity contribution < 1.29 is 13.9 Å². The number of nitrogens with zero attached hydrogens (tertiary/aromatic N) is 3. The summed E-state index contributed by atoms with van der Waals surface area (Å²) in [6.07, 6.45) is 0.807. The van der Waals surface area contributed by atoms with Gasteiger partial charge in [0.25, 0.3) is 5.91 Å². The van der Waals surface area contributed by atoms with Crippen LogP contribution in [0.1, 0.15) is 46.9 Å². The molecule has 10 heteroatoms. The minimum atomic E-state index is -0.807. The summed E-state index contributed by atoms with van der Waals surface area (Å²) >= 11 is 0. The van der Waals surface area contributed by atoms with Crippen LogP contribution < -0.4 is 26.8 Å². The van der Waals surface area contributed by atoms with Crippen molar-refractivity contribution in [1.29, 1.82) is 0 Å². The molecule has 202 valence electrons. The molecule has 0 aliphatic rings. The van der Waals surface area contributed by atoms with E-state index in [2.05, 4.69) is 27.5 Å². The number of hydrogen-bond acceptors (Lipinski definition) is 7. The SMILES string of the molecule is CCc1ccc(Nc2nc(NC(c3ccc(OC)cc3)[C@H](C)N)c(F)cc2C(N)=O)cc1C(=NC)N(C)C. The molecular formula is C28H36FN7O2. The van der Waals surface area contributed by atoms with Gasteiger partial charge in [0.1, 0.15) is 17.4 Å². The second-order valence-corrected chi connectivity index (χ2v) is 9.13. The number of pyridine rings is 1. The molecule has 3 rings (SSSR count). The molecule has 0 saturated carbocycles. The van der Waals surface area contributed by atoms with Crippen LogP contribution in [0, 0.1) is 5.82 Å². The van der Waals surface area contributed by atoms with Crippen molar-refractivity contribution in [2.45, 2.75) is 32.4 Å². The number of amidine groups is 1. The molecule has 3 aromatic rings. The Hall–Kier alpha value is -4.18. The highest BCUT2D eigenvalue weighted by molar-refractivity contribution is 6.01. The molecule has 0 fully saturated rings. The molecule has 0 spiro atoms. The van der Waals surface area contributed by atoms with E-state index in [1.165, 1.54) is 0 Å². The quantitative estimate of drug-likeness (QED) is 0.234. The number of carbonyl (C=O) groups is 1. The van der Waals surface area contributed by atoms with Crippen molar-refractivity contribution >= 4 is 29.1 Å². The standard InChI is InChI=1S/C28H36FN7O2/c1-7-17-8-11-19(14-21(17)28(32-3)36(4)5)33-26-22(25(31)37)15-23(29)27(35-26)34-24(16(2)30)18-9-12-20(38-6)13-10-18/h8-16,24H,7,30H2,1-6H3,(H2,31,37)(H2,33,34,35)/t16-,24?/m0/s1. The van der Waals surface area contributed by atoms with E-state index in [1.807, 2.05) is 56.3 Å². The third-order valence-corrected chi connectivity index (χ3v) is 6.16. The number of aromatic nitrogens is 1. The fourth-order valence-electron chi connectivity index (χ4n) is 4.22. The van der Waals surface area contributed by atoms with Gasteiger partial charge in [-0.1, -0.05) is 25.1 Å². The first kappa shape index (κ1) is 28.4. The summed E-state index contributed by atoms with van der Waals surface area (Å²) in [4.78, 5) is 23.0. The lowest BCUT2D eigenvalue weighted by atomic mass is 10.0. The van der Waals surface area contributed by atoms with E-state index >= 15 is 4.39 Å². The Kier molecular flexibility index (Phi) is 9.25. The highest BCUT2D eigenvalue weighted by atomic mass is 19.1. The smallest absolute Gasteiger partial charge is 0.252 e. The molecule has 0 saturated heterocycles. The van der Waals surface area contributed by atoms with Gasteiger partial charge in [0, 0.05) is 38.4 Å². The lowest BCUT2D eigenvalue weighted by Gasteiger charge is -2.24. The number of primary amides is 1. The number of nitrogens with one attached hydrogen (secondary N) is 2. The number of hydrogen-bond donors (Lipinski definition) is 4. The van der Waals surface area contributed by atoms with E-state index in [0.717, 1.165) is 35.0 Å². The summed E-state index contributed by atoms with van der Waals surface area (Å²) < 4.78 is 20.4. The Morgan fingerprint density at radius 2 is 1.82 bits per heavy atom. The van der Waals surface area contributed by atoms with Gasteiger partial charge >= 0.3 is 0 Å². The molecule has 0 bridgehead atoms. The van der Waals surface area contributed by atoms with E-state index in [-0.39, 0.29) is 17.2 Å². The predicted molar refractivity (Wildman–Crippen MR) is 151 cm³/mol. The van der Waals surface area contributed by atoms with Crippen LogP contribution in [0.5, 0.6) is 5.75 Å². The van der Waals surface area contributed by atoms with Crippen molar-refractivity contribution in [3.05, 3.63) is 76.6 Å². The van der Waals surface area contributed by atoms with Gasteiger partial charge < -0.3 is 31.7 Å². The van der Waals surface area contributed by atoms with Gasteiger partial charge in [-0.25, -0.2) is 9.37 Å². The van der Waals surface area contributed by atoms with Gasteiger partial charge in [-0.2, -0.15) is 0 Å². The number of benzene rings is 2. The molecule has 1 unspecified atom stereocenters. The van der Waals surface area contributed by atoms with Gasteiger partial charge in [0.15, 0.2) is 11.6 Å². The van der Waals surface area contributed by atoms with Crippen LogP contribution in [0.3, 0.4) is 0 Å². The number of aliphatic imine (C=N–C) groups is 1. The highest BCUT2D eigenvalue weighted by Crippen LogP contribution is 2.29. The Morgan fingerprint density at radius 3 is 2.34 bits per heavy atom. The summed E-state index contributed by atoms with van der Waals surface area (Å²) in [7, 11) is 7.16. The molecule has 2 aromatic carbocycles. The van der Waals surface area contributed by atoms with E-state index in [4.69, 9.17) is 16.2 Å². The summed E-state index contributed by atoms with van der Waals surface area (Å²) in [5.41, 5.74) is 15.2. The van der Waals surface area contributed by atoms with Crippen LogP contribution in [0.15, 0.2) is 53.5 Å².